The summed E-state index contributed by atoms with van der Waals surface area (Å²) in [5.74, 6) is -1.57. The summed E-state index contributed by atoms with van der Waals surface area (Å²) in [6.07, 6.45) is 0.176. The maximum absolute atomic E-state index is 13.8. The molecule has 4 aromatic carbocycles. The predicted molar refractivity (Wildman–Crippen MR) is 158 cm³/mol. The molecule has 0 N–H and O–H groups in total. The molecule has 0 amide bonds. The van der Waals surface area contributed by atoms with Crippen molar-refractivity contribution in [1.82, 2.24) is 0 Å². The smallest absolute Gasteiger partial charge is 0.227 e. The quantitative estimate of drug-likeness (QED) is 0.176. The van der Waals surface area contributed by atoms with Gasteiger partial charge in [0.25, 0.3) is 0 Å². The van der Waals surface area contributed by atoms with Crippen LogP contribution in [0.3, 0.4) is 0 Å². The van der Waals surface area contributed by atoms with Gasteiger partial charge in [-0.05, 0) is 35.4 Å². The third-order valence-electron chi connectivity index (χ3n) is 8.85. The van der Waals surface area contributed by atoms with Crippen molar-refractivity contribution in [1.29, 1.82) is 0 Å². The molecule has 7 heteroatoms. The number of ketones is 1. The Morgan fingerprint density at radius 3 is 2.17 bits per heavy atom. The first kappa shape index (κ1) is 25.9. The van der Waals surface area contributed by atoms with Crippen LogP contribution in [0.5, 0.6) is 5.75 Å². The van der Waals surface area contributed by atoms with E-state index in [2.05, 4.69) is 0 Å². The van der Waals surface area contributed by atoms with Gasteiger partial charge in [0.15, 0.2) is 11.2 Å². The fourth-order valence-corrected chi connectivity index (χ4v) is 7.16. The lowest BCUT2D eigenvalue weighted by Crippen LogP contribution is -2.58. The van der Waals surface area contributed by atoms with Crippen LogP contribution in [0, 0.1) is 10.1 Å². The van der Waals surface area contributed by atoms with Crippen LogP contribution in [-0.2, 0) is 0 Å². The van der Waals surface area contributed by atoms with E-state index in [1.165, 1.54) is 6.07 Å². The van der Waals surface area contributed by atoms with E-state index in [1.54, 1.807) is 42.5 Å². The Kier molecular flexibility index (Phi) is 6.23. The Balaban J connectivity index is 1.54. The number of nitro groups is 1. The lowest BCUT2D eigenvalue weighted by Gasteiger charge is -2.52. The molecule has 1 fully saturated rings. The minimum Gasteiger partial charge on any atom is -0.485 e. The van der Waals surface area contributed by atoms with Crippen molar-refractivity contribution in [3.05, 3.63) is 158 Å². The second-order valence-corrected chi connectivity index (χ2v) is 11.2. The summed E-state index contributed by atoms with van der Waals surface area (Å²) in [4.78, 5) is 40.1. The van der Waals surface area contributed by atoms with Crippen LogP contribution in [-0.4, -0.2) is 22.3 Å². The van der Waals surface area contributed by atoms with Gasteiger partial charge in [0.1, 0.15) is 22.7 Å². The first-order chi connectivity index (χ1) is 20.4. The van der Waals surface area contributed by atoms with E-state index in [4.69, 9.17) is 9.15 Å². The van der Waals surface area contributed by atoms with E-state index in [9.17, 15) is 19.7 Å². The summed E-state index contributed by atoms with van der Waals surface area (Å²) >= 11 is 0. The minimum absolute atomic E-state index is 0.0116. The number of carbonyl (C=O) groups is 1. The molecule has 2 aliphatic rings. The molecule has 5 aromatic rings. The normalized spacial score (nSPS) is 25.1. The van der Waals surface area contributed by atoms with E-state index in [0.29, 0.717) is 22.3 Å². The van der Waals surface area contributed by atoms with Crippen LogP contribution in [0.25, 0.3) is 11.0 Å². The van der Waals surface area contributed by atoms with Crippen LogP contribution >= 0.6 is 0 Å². The molecule has 1 aliphatic heterocycles. The summed E-state index contributed by atoms with van der Waals surface area (Å²) in [6.45, 7) is 0. The van der Waals surface area contributed by atoms with Crippen molar-refractivity contribution in [3.8, 4) is 5.75 Å². The van der Waals surface area contributed by atoms with Gasteiger partial charge >= 0.3 is 0 Å². The number of benzene rings is 4. The van der Waals surface area contributed by atoms with Crippen LogP contribution in [0.2, 0.25) is 0 Å². The van der Waals surface area contributed by atoms with Gasteiger partial charge in [0.05, 0.1) is 35.1 Å². The zero-order chi connectivity index (χ0) is 28.8. The van der Waals surface area contributed by atoms with Gasteiger partial charge in [-0.2, -0.15) is 0 Å². The van der Waals surface area contributed by atoms with E-state index in [0.717, 1.165) is 11.1 Å². The molecule has 1 aliphatic carbocycles. The number of rotatable bonds is 4. The Bertz CT molecular complexity index is 1870. The number of para-hydroxylation sites is 2. The largest absolute Gasteiger partial charge is 0.485 e. The van der Waals surface area contributed by atoms with Gasteiger partial charge in [-0.15, -0.1) is 0 Å². The standard InChI is InChI=1S/C35H27NO6/c37-27-19-31(41-29-17-9-7-15-24(27)29)33-32(23-13-5-2-6-14-23)34(36(39)40)26(22-11-3-1-4-12-22)20-35(33)21-28(38)25-16-8-10-18-30(25)42-35/h1-19,26,32-34H,20-21H2/t26-,32+,33+,34+,35-/m1/s1. The molecular formula is C35H27NO6. The number of carbonyl (C=O) groups excluding carboxylic acids is 1. The second-order valence-electron chi connectivity index (χ2n) is 11.2. The maximum atomic E-state index is 13.8. The second kappa shape index (κ2) is 10.1. The molecule has 0 saturated heterocycles. The Hall–Kier alpha value is -5.04. The van der Waals surface area contributed by atoms with Crippen LogP contribution in [0.4, 0.5) is 0 Å². The van der Waals surface area contributed by atoms with Crippen molar-refractivity contribution in [3.63, 3.8) is 0 Å². The zero-order valence-electron chi connectivity index (χ0n) is 22.6. The number of hydrogen-bond acceptors (Lipinski definition) is 6. The van der Waals surface area contributed by atoms with Gasteiger partial charge in [0, 0.05) is 17.4 Å². The highest BCUT2D eigenvalue weighted by molar-refractivity contribution is 6.00. The third-order valence-corrected chi connectivity index (χ3v) is 8.85. The van der Waals surface area contributed by atoms with Crippen LogP contribution in [0.15, 0.2) is 124 Å². The van der Waals surface area contributed by atoms with E-state index in [-0.39, 0.29) is 34.7 Å². The number of nitrogens with zero attached hydrogens (tertiary/aromatic N) is 1. The van der Waals surface area contributed by atoms with E-state index >= 15 is 0 Å². The molecule has 1 saturated carbocycles. The summed E-state index contributed by atoms with van der Waals surface area (Å²) < 4.78 is 13.3. The van der Waals surface area contributed by atoms with Crippen molar-refractivity contribution in [2.75, 3.05) is 0 Å². The first-order valence-electron chi connectivity index (χ1n) is 14.0. The average molecular weight is 558 g/mol. The molecule has 0 radical (unpaired) electrons. The summed E-state index contributed by atoms with van der Waals surface area (Å²) in [7, 11) is 0. The van der Waals surface area contributed by atoms with E-state index < -0.39 is 29.4 Å². The van der Waals surface area contributed by atoms with Crippen molar-refractivity contribution >= 4 is 16.8 Å². The Labute approximate surface area is 241 Å². The number of hydrogen-bond donors (Lipinski definition) is 0. The minimum atomic E-state index is -1.22. The van der Waals surface area contributed by atoms with Gasteiger partial charge in [0.2, 0.25) is 6.04 Å². The lowest BCUT2D eigenvalue weighted by atomic mass is 9.56. The molecule has 7 nitrogen and oxygen atoms in total. The highest BCUT2D eigenvalue weighted by atomic mass is 16.6. The molecule has 0 unspecified atom stereocenters. The van der Waals surface area contributed by atoms with Crippen molar-refractivity contribution in [2.45, 2.75) is 42.2 Å². The molecule has 7 rings (SSSR count). The number of Topliss-reactive ketones (excluding diaryl/α,β-unsaturated/α-hetero) is 1. The molecule has 1 spiro atoms. The average Bonchev–Trinajstić information content (AvgIpc) is 3.01. The van der Waals surface area contributed by atoms with Crippen LogP contribution in [0.1, 0.15) is 57.8 Å². The first-order valence-corrected chi connectivity index (χ1v) is 14.0. The van der Waals surface area contributed by atoms with Gasteiger partial charge in [-0.3, -0.25) is 19.7 Å². The van der Waals surface area contributed by atoms with Gasteiger partial charge < -0.3 is 9.15 Å². The highest BCUT2D eigenvalue weighted by Crippen LogP contribution is 2.59. The lowest BCUT2D eigenvalue weighted by molar-refractivity contribution is -0.537. The molecule has 5 atom stereocenters. The maximum Gasteiger partial charge on any atom is 0.227 e. The monoisotopic (exact) mass is 557 g/mol. The fraction of sp³-hybridized carbons (Fsp3) is 0.200. The molecular weight excluding hydrogens is 530 g/mol. The summed E-state index contributed by atoms with van der Waals surface area (Å²) in [5.41, 5.74) is 0.900. The third kappa shape index (κ3) is 4.20. The molecule has 1 aromatic heterocycles. The highest BCUT2D eigenvalue weighted by Gasteiger charge is 2.63. The topological polar surface area (TPSA) is 99.7 Å². The fourth-order valence-electron chi connectivity index (χ4n) is 7.16. The SMILES string of the molecule is O=C1C[C@@]2(C[C@H](c3ccccc3)[C@H]([N+](=O)[O-])[C@@H](c3ccccc3)[C@@H]2c2cc(=O)c3ccccc3o2)Oc2ccccc21. The Morgan fingerprint density at radius 1 is 0.786 bits per heavy atom. The van der Waals surface area contributed by atoms with Crippen LogP contribution < -0.4 is 10.2 Å². The molecule has 208 valence electrons. The zero-order valence-corrected chi connectivity index (χ0v) is 22.6. The van der Waals surface area contributed by atoms with Gasteiger partial charge in [-0.25, -0.2) is 0 Å². The van der Waals surface area contributed by atoms with Crippen molar-refractivity contribution in [2.24, 2.45) is 0 Å². The Morgan fingerprint density at radius 2 is 1.43 bits per heavy atom. The number of ether oxygens (including phenoxy) is 1. The number of fused-ring (bicyclic) bond motifs is 2. The summed E-state index contributed by atoms with van der Waals surface area (Å²) in [5, 5.41) is 13.5. The van der Waals surface area contributed by atoms with Gasteiger partial charge in [-0.1, -0.05) is 84.9 Å². The molecule has 2 heterocycles. The van der Waals surface area contributed by atoms with E-state index in [1.807, 2.05) is 66.7 Å². The molecule has 0 bridgehead atoms. The molecule has 42 heavy (non-hydrogen) atoms. The summed E-state index contributed by atoms with van der Waals surface area (Å²) in [6, 6.07) is 33.1. The predicted octanol–water partition coefficient (Wildman–Crippen LogP) is 6.90. The van der Waals surface area contributed by atoms with Crippen molar-refractivity contribution < 1.29 is 18.9 Å².